The minimum atomic E-state index is -0.676. The Kier molecular flexibility index (Phi) is 5.97. The Bertz CT molecular complexity index is 224. The Morgan fingerprint density at radius 1 is 1.12 bits per heavy atom. The molecule has 0 aliphatic rings. The second kappa shape index (κ2) is 6.21. The van der Waals surface area contributed by atoms with Crippen LogP contribution in [0, 0.1) is 0 Å². The molecule has 0 bridgehead atoms. The highest BCUT2D eigenvalue weighted by molar-refractivity contribution is 5.79. The maximum absolute atomic E-state index is 11.6. The summed E-state index contributed by atoms with van der Waals surface area (Å²) in [7, 11) is 0. The lowest BCUT2D eigenvalue weighted by Crippen LogP contribution is -2.53. The SMILES string of the molecule is CCOC(=O)C(C)(C)NCC(C)(C)OCC. The molecule has 0 radical (unpaired) electrons. The highest BCUT2D eigenvalue weighted by atomic mass is 16.5. The minimum absolute atomic E-state index is 0.234. The number of esters is 1. The van der Waals surface area contributed by atoms with E-state index in [2.05, 4.69) is 5.32 Å². The van der Waals surface area contributed by atoms with Gasteiger partial charge in [0.2, 0.25) is 0 Å². The molecular weight excluding hydrogens is 206 g/mol. The molecule has 4 heteroatoms. The zero-order chi connectivity index (χ0) is 12.8. The molecule has 0 aromatic heterocycles. The van der Waals surface area contributed by atoms with E-state index in [-0.39, 0.29) is 11.6 Å². The first-order valence-electron chi connectivity index (χ1n) is 5.81. The van der Waals surface area contributed by atoms with Gasteiger partial charge >= 0.3 is 5.97 Å². The van der Waals surface area contributed by atoms with Crippen molar-refractivity contribution in [3.8, 4) is 0 Å². The van der Waals surface area contributed by atoms with E-state index in [9.17, 15) is 4.79 Å². The van der Waals surface area contributed by atoms with Crippen molar-refractivity contribution < 1.29 is 14.3 Å². The van der Waals surface area contributed by atoms with Crippen molar-refractivity contribution in [1.29, 1.82) is 0 Å². The maximum Gasteiger partial charge on any atom is 0.325 e. The maximum atomic E-state index is 11.6. The van der Waals surface area contributed by atoms with Gasteiger partial charge in [0.25, 0.3) is 0 Å². The molecule has 0 spiro atoms. The van der Waals surface area contributed by atoms with Gasteiger partial charge in [-0.2, -0.15) is 0 Å². The van der Waals surface area contributed by atoms with Gasteiger partial charge in [0.15, 0.2) is 0 Å². The molecule has 96 valence electrons. The summed E-state index contributed by atoms with van der Waals surface area (Å²) in [6.07, 6.45) is 0. The zero-order valence-electron chi connectivity index (χ0n) is 11.3. The standard InChI is InChI=1S/C12H25NO3/c1-7-15-10(14)12(5,6)13-9-11(3,4)16-8-2/h13H,7-9H2,1-6H3. The first-order valence-corrected chi connectivity index (χ1v) is 5.81. The van der Waals surface area contributed by atoms with Crippen molar-refractivity contribution in [2.45, 2.75) is 52.7 Å². The van der Waals surface area contributed by atoms with Crippen molar-refractivity contribution in [2.24, 2.45) is 0 Å². The summed E-state index contributed by atoms with van der Waals surface area (Å²) in [6, 6.07) is 0. The molecule has 4 nitrogen and oxygen atoms in total. The molecule has 0 aromatic carbocycles. The van der Waals surface area contributed by atoms with Gasteiger partial charge in [-0.1, -0.05) is 0 Å². The lowest BCUT2D eigenvalue weighted by atomic mass is 10.0. The summed E-state index contributed by atoms with van der Waals surface area (Å²) in [4.78, 5) is 11.6. The first kappa shape index (κ1) is 15.4. The molecule has 0 rings (SSSR count). The van der Waals surface area contributed by atoms with Crippen molar-refractivity contribution in [3.63, 3.8) is 0 Å². The van der Waals surface area contributed by atoms with Crippen molar-refractivity contribution in [2.75, 3.05) is 19.8 Å². The molecule has 0 atom stereocenters. The molecule has 0 saturated carbocycles. The van der Waals surface area contributed by atoms with Crippen LogP contribution in [0.5, 0.6) is 0 Å². The summed E-state index contributed by atoms with van der Waals surface area (Å²) >= 11 is 0. The third kappa shape index (κ3) is 5.47. The second-order valence-corrected chi connectivity index (χ2v) is 4.89. The van der Waals surface area contributed by atoms with E-state index in [0.717, 1.165) is 0 Å². The molecule has 16 heavy (non-hydrogen) atoms. The molecular formula is C12H25NO3. The molecule has 0 unspecified atom stereocenters. The molecule has 0 saturated heterocycles. The smallest absolute Gasteiger partial charge is 0.325 e. The van der Waals surface area contributed by atoms with Crippen LogP contribution >= 0.6 is 0 Å². The minimum Gasteiger partial charge on any atom is -0.465 e. The summed E-state index contributed by atoms with van der Waals surface area (Å²) < 4.78 is 10.5. The predicted molar refractivity (Wildman–Crippen MR) is 64.4 cm³/mol. The van der Waals surface area contributed by atoms with E-state index < -0.39 is 5.54 Å². The van der Waals surface area contributed by atoms with Gasteiger partial charge in [-0.05, 0) is 41.5 Å². The van der Waals surface area contributed by atoms with E-state index in [1.807, 2.05) is 34.6 Å². The molecule has 0 aliphatic carbocycles. The zero-order valence-corrected chi connectivity index (χ0v) is 11.3. The number of hydrogen-bond acceptors (Lipinski definition) is 4. The number of carbonyl (C=O) groups is 1. The van der Waals surface area contributed by atoms with Gasteiger partial charge in [0, 0.05) is 13.2 Å². The fourth-order valence-corrected chi connectivity index (χ4v) is 1.26. The van der Waals surface area contributed by atoms with Crippen LogP contribution in [-0.2, 0) is 14.3 Å². The van der Waals surface area contributed by atoms with Crippen LogP contribution in [0.2, 0.25) is 0 Å². The van der Waals surface area contributed by atoms with Crippen LogP contribution in [0.25, 0.3) is 0 Å². The Morgan fingerprint density at radius 3 is 2.12 bits per heavy atom. The predicted octanol–water partition coefficient (Wildman–Crippen LogP) is 1.73. The van der Waals surface area contributed by atoms with E-state index in [0.29, 0.717) is 19.8 Å². The van der Waals surface area contributed by atoms with E-state index in [1.165, 1.54) is 0 Å². The number of nitrogens with one attached hydrogen (secondary N) is 1. The van der Waals surface area contributed by atoms with Crippen LogP contribution < -0.4 is 5.32 Å². The van der Waals surface area contributed by atoms with Crippen LogP contribution in [0.3, 0.4) is 0 Å². The monoisotopic (exact) mass is 231 g/mol. The van der Waals surface area contributed by atoms with Crippen molar-refractivity contribution >= 4 is 5.97 Å². The van der Waals surface area contributed by atoms with E-state index in [4.69, 9.17) is 9.47 Å². The lowest BCUT2D eigenvalue weighted by Gasteiger charge is -2.31. The molecule has 0 aromatic rings. The number of carbonyl (C=O) groups excluding carboxylic acids is 1. The normalized spacial score (nSPS) is 12.6. The van der Waals surface area contributed by atoms with Crippen LogP contribution in [0.1, 0.15) is 41.5 Å². The van der Waals surface area contributed by atoms with E-state index in [1.54, 1.807) is 6.92 Å². The number of rotatable bonds is 7. The lowest BCUT2D eigenvalue weighted by molar-refractivity contribution is -0.150. The fourth-order valence-electron chi connectivity index (χ4n) is 1.26. The topological polar surface area (TPSA) is 47.6 Å². The van der Waals surface area contributed by atoms with Gasteiger partial charge in [0.1, 0.15) is 5.54 Å². The number of ether oxygens (including phenoxy) is 2. The molecule has 0 heterocycles. The fraction of sp³-hybridized carbons (Fsp3) is 0.917. The third-order valence-electron chi connectivity index (χ3n) is 2.28. The average molecular weight is 231 g/mol. The largest absolute Gasteiger partial charge is 0.465 e. The van der Waals surface area contributed by atoms with Crippen LogP contribution in [0.15, 0.2) is 0 Å². The Hall–Kier alpha value is -0.610. The average Bonchev–Trinajstić information content (AvgIpc) is 2.15. The molecule has 0 aliphatic heterocycles. The highest BCUT2D eigenvalue weighted by Gasteiger charge is 2.31. The van der Waals surface area contributed by atoms with Crippen LogP contribution in [0.4, 0.5) is 0 Å². The Balaban J connectivity index is 4.22. The highest BCUT2D eigenvalue weighted by Crippen LogP contribution is 2.11. The van der Waals surface area contributed by atoms with Gasteiger partial charge in [-0.25, -0.2) is 0 Å². The summed E-state index contributed by atoms with van der Waals surface area (Å²) in [5.74, 6) is -0.234. The second-order valence-electron chi connectivity index (χ2n) is 4.89. The van der Waals surface area contributed by atoms with Crippen molar-refractivity contribution in [1.82, 2.24) is 5.32 Å². The van der Waals surface area contributed by atoms with Crippen LogP contribution in [-0.4, -0.2) is 36.9 Å². The first-order chi connectivity index (χ1) is 7.25. The van der Waals surface area contributed by atoms with Crippen molar-refractivity contribution in [3.05, 3.63) is 0 Å². The summed E-state index contributed by atoms with van der Waals surface area (Å²) in [5.41, 5.74) is -0.955. The molecule has 1 N–H and O–H groups in total. The van der Waals surface area contributed by atoms with E-state index >= 15 is 0 Å². The Morgan fingerprint density at radius 2 is 1.69 bits per heavy atom. The summed E-state index contributed by atoms with van der Waals surface area (Å²) in [5, 5.41) is 3.17. The molecule has 0 fully saturated rings. The number of hydrogen-bond donors (Lipinski definition) is 1. The van der Waals surface area contributed by atoms with Gasteiger partial charge in [-0.3, -0.25) is 10.1 Å². The third-order valence-corrected chi connectivity index (χ3v) is 2.28. The van der Waals surface area contributed by atoms with Gasteiger partial charge in [-0.15, -0.1) is 0 Å². The molecule has 0 amide bonds. The summed E-state index contributed by atoms with van der Waals surface area (Å²) in [6.45, 7) is 13.0. The van der Waals surface area contributed by atoms with Gasteiger partial charge in [0.05, 0.1) is 12.2 Å². The van der Waals surface area contributed by atoms with Gasteiger partial charge < -0.3 is 9.47 Å². The Labute approximate surface area is 98.7 Å². The quantitative estimate of drug-likeness (QED) is 0.678.